The van der Waals surface area contributed by atoms with Crippen molar-refractivity contribution < 1.29 is 14.7 Å². The molecule has 6 heteroatoms. The predicted molar refractivity (Wildman–Crippen MR) is 91.1 cm³/mol. The van der Waals surface area contributed by atoms with Crippen LogP contribution in [0.4, 0.5) is 0 Å². The number of carboxylic acids is 1. The molecule has 0 radical (unpaired) electrons. The van der Waals surface area contributed by atoms with Crippen molar-refractivity contribution in [2.75, 3.05) is 0 Å². The van der Waals surface area contributed by atoms with Gasteiger partial charge < -0.3 is 5.11 Å². The van der Waals surface area contributed by atoms with E-state index in [9.17, 15) is 9.59 Å². The van der Waals surface area contributed by atoms with Crippen LogP contribution in [-0.4, -0.2) is 22.7 Å². The second-order valence-corrected chi connectivity index (χ2v) is 5.40. The van der Waals surface area contributed by atoms with Crippen LogP contribution in [-0.2, 0) is 9.59 Å². The lowest BCUT2D eigenvalue weighted by atomic mass is 10.0. The lowest BCUT2D eigenvalue weighted by molar-refractivity contribution is -0.131. The molecule has 0 aliphatic carbocycles. The minimum atomic E-state index is -1.19. The number of nitrogens with zero attached hydrogens (tertiary/aromatic N) is 1. The zero-order chi connectivity index (χ0) is 16.7. The first kappa shape index (κ1) is 16.6. The van der Waals surface area contributed by atoms with Crippen molar-refractivity contribution in [3.63, 3.8) is 0 Å². The number of hydrogen-bond donors (Lipinski definition) is 2. The van der Waals surface area contributed by atoms with Crippen LogP contribution in [0.15, 0.2) is 76.3 Å². The number of hydrazone groups is 1. The molecule has 0 fully saturated rings. The fourth-order valence-corrected chi connectivity index (χ4v) is 2.06. The van der Waals surface area contributed by atoms with Crippen molar-refractivity contribution in [1.29, 1.82) is 0 Å². The summed E-state index contributed by atoms with van der Waals surface area (Å²) in [7, 11) is 0. The van der Waals surface area contributed by atoms with Crippen LogP contribution >= 0.6 is 15.9 Å². The van der Waals surface area contributed by atoms with Crippen molar-refractivity contribution in [3.05, 3.63) is 82.3 Å². The Morgan fingerprint density at radius 2 is 1.57 bits per heavy atom. The summed E-state index contributed by atoms with van der Waals surface area (Å²) in [5.41, 5.74) is 4.57. The number of carboxylic acid groups (broad SMARTS) is 1. The van der Waals surface area contributed by atoms with Gasteiger partial charge >= 0.3 is 5.97 Å². The maximum atomic E-state index is 11.6. The monoisotopic (exact) mass is 372 g/mol. The number of hydrogen-bond acceptors (Lipinski definition) is 3. The quantitative estimate of drug-likeness (QED) is 0.481. The van der Waals surface area contributed by atoms with Gasteiger partial charge in [-0.25, -0.2) is 10.2 Å². The van der Waals surface area contributed by atoms with Gasteiger partial charge in [-0.3, -0.25) is 4.79 Å². The molecular formula is C17H13BrN2O3. The Bertz CT molecular complexity index is 753. The normalized spacial score (nSPS) is 11.4. The van der Waals surface area contributed by atoms with Gasteiger partial charge in [-0.15, -0.1) is 0 Å². The molecule has 0 spiro atoms. The summed E-state index contributed by atoms with van der Waals surface area (Å²) in [4.78, 5) is 22.0. The van der Waals surface area contributed by atoms with E-state index < -0.39 is 11.9 Å². The van der Waals surface area contributed by atoms with E-state index in [1.807, 2.05) is 54.6 Å². The highest BCUT2D eigenvalue weighted by Gasteiger charge is 2.07. The summed E-state index contributed by atoms with van der Waals surface area (Å²) >= 11 is 3.37. The van der Waals surface area contributed by atoms with E-state index >= 15 is 0 Å². The van der Waals surface area contributed by atoms with Gasteiger partial charge in [-0.2, -0.15) is 5.10 Å². The first-order valence-corrected chi connectivity index (χ1v) is 7.45. The second-order valence-electron chi connectivity index (χ2n) is 4.48. The van der Waals surface area contributed by atoms with E-state index in [-0.39, 0.29) is 0 Å². The second kappa shape index (κ2) is 8.05. The van der Waals surface area contributed by atoms with Crippen LogP contribution in [0, 0.1) is 0 Å². The van der Waals surface area contributed by atoms with Crippen molar-refractivity contribution >= 4 is 33.5 Å². The third-order valence-corrected chi connectivity index (χ3v) is 3.35. The number of carbonyl (C=O) groups excluding carboxylic acids is 1. The van der Waals surface area contributed by atoms with Crippen molar-refractivity contribution in [2.45, 2.75) is 0 Å². The number of halogens is 1. The van der Waals surface area contributed by atoms with Crippen LogP contribution < -0.4 is 5.43 Å². The average molecular weight is 373 g/mol. The van der Waals surface area contributed by atoms with Crippen molar-refractivity contribution in [2.24, 2.45) is 5.10 Å². The number of aliphatic carboxylic acids is 1. The molecule has 0 aliphatic rings. The Morgan fingerprint density at radius 3 is 2.17 bits per heavy atom. The SMILES string of the molecule is O=C(O)/C=C/C(=O)N/N=C(\c1ccccc1)c1ccc(Br)cc1. The summed E-state index contributed by atoms with van der Waals surface area (Å²) < 4.78 is 0.932. The summed E-state index contributed by atoms with van der Waals surface area (Å²) in [5.74, 6) is -1.81. The van der Waals surface area contributed by atoms with E-state index in [1.54, 1.807) is 0 Å². The smallest absolute Gasteiger partial charge is 0.328 e. The number of benzene rings is 2. The van der Waals surface area contributed by atoms with E-state index in [4.69, 9.17) is 5.11 Å². The largest absolute Gasteiger partial charge is 0.478 e. The Kier molecular flexibility index (Phi) is 5.82. The van der Waals surface area contributed by atoms with Crippen LogP contribution in [0.2, 0.25) is 0 Å². The van der Waals surface area contributed by atoms with E-state index in [0.717, 1.165) is 27.8 Å². The molecule has 0 bridgehead atoms. The molecule has 2 aromatic rings. The van der Waals surface area contributed by atoms with Crippen LogP contribution in [0.3, 0.4) is 0 Å². The predicted octanol–water partition coefficient (Wildman–Crippen LogP) is 2.96. The third kappa shape index (κ3) is 5.19. The highest BCUT2D eigenvalue weighted by molar-refractivity contribution is 9.10. The van der Waals surface area contributed by atoms with Gasteiger partial charge in [-0.05, 0) is 12.1 Å². The maximum Gasteiger partial charge on any atom is 0.328 e. The summed E-state index contributed by atoms with van der Waals surface area (Å²) in [6, 6.07) is 16.9. The molecule has 0 unspecified atom stereocenters. The summed E-state index contributed by atoms with van der Waals surface area (Å²) in [6.45, 7) is 0. The molecule has 116 valence electrons. The molecule has 23 heavy (non-hydrogen) atoms. The Balaban J connectivity index is 2.30. The number of nitrogens with one attached hydrogen (secondary N) is 1. The number of rotatable bonds is 5. The zero-order valence-corrected chi connectivity index (χ0v) is 13.5. The lowest BCUT2D eigenvalue weighted by Crippen LogP contribution is -2.18. The van der Waals surface area contributed by atoms with Crippen molar-refractivity contribution in [1.82, 2.24) is 5.43 Å². The van der Waals surface area contributed by atoms with Gasteiger partial charge in [0.2, 0.25) is 0 Å². The molecule has 2 rings (SSSR count). The summed E-state index contributed by atoms with van der Waals surface area (Å²) in [5, 5.41) is 12.6. The maximum absolute atomic E-state index is 11.6. The standard InChI is InChI=1S/C17H13BrN2O3/c18-14-8-6-13(7-9-14)17(12-4-2-1-3-5-12)20-19-15(21)10-11-16(22)23/h1-11H,(H,19,21)(H,22,23)/b11-10+,20-17+. The van der Waals surface area contributed by atoms with Gasteiger partial charge in [0.1, 0.15) is 0 Å². The molecule has 0 aliphatic heterocycles. The van der Waals surface area contributed by atoms with Crippen molar-refractivity contribution in [3.8, 4) is 0 Å². The van der Waals surface area contributed by atoms with Crippen LogP contribution in [0.25, 0.3) is 0 Å². The van der Waals surface area contributed by atoms with E-state index in [1.165, 1.54) is 0 Å². The van der Waals surface area contributed by atoms with Gasteiger partial charge in [0.15, 0.2) is 0 Å². The van der Waals surface area contributed by atoms with Crippen LogP contribution in [0.1, 0.15) is 11.1 Å². The van der Waals surface area contributed by atoms with Gasteiger partial charge in [0, 0.05) is 27.8 Å². The lowest BCUT2D eigenvalue weighted by Gasteiger charge is -2.07. The highest BCUT2D eigenvalue weighted by atomic mass is 79.9. The third-order valence-electron chi connectivity index (χ3n) is 2.82. The van der Waals surface area contributed by atoms with E-state index in [0.29, 0.717) is 5.71 Å². The Labute approximate surface area is 141 Å². The molecular weight excluding hydrogens is 360 g/mol. The average Bonchev–Trinajstić information content (AvgIpc) is 2.55. The van der Waals surface area contributed by atoms with Gasteiger partial charge in [0.05, 0.1) is 5.71 Å². The molecule has 0 aromatic heterocycles. The molecule has 1 amide bonds. The van der Waals surface area contributed by atoms with Gasteiger partial charge in [0.25, 0.3) is 5.91 Å². The van der Waals surface area contributed by atoms with Crippen LogP contribution in [0.5, 0.6) is 0 Å². The fraction of sp³-hybridized carbons (Fsp3) is 0. The van der Waals surface area contributed by atoms with Gasteiger partial charge in [-0.1, -0.05) is 58.4 Å². The number of carbonyl (C=O) groups is 2. The number of amides is 1. The topological polar surface area (TPSA) is 78.8 Å². The minimum Gasteiger partial charge on any atom is -0.478 e. The Morgan fingerprint density at radius 1 is 0.957 bits per heavy atom. The molecule has 0 heterocycles. The highest BCUT2D eigenvalue weighted by Crippen LogP contribution is 2.15. The molecule has 0 saturated heterocycles. The molecule has 5 nitrogen and oxygen atoms in total. The molecule has 2 N–H and O–H groups in total. The summed E-state index contributed by atoms with van der Waals surface area (Å²) in [6.07, 6.45) is 1.67. The fourth-order valence-electron chi connectivity index (χ4n) is 1.79. The first-order valence-electron chi connectivity index (χ1n) is 6.66. The molecule has 0 saturated carbocycles. The molecule has 0 atom stereocenters. The minimum absolute atomic E-state index is 0.579. The Hall–Kier alpha value is -2.73. The van der Waals surface area contributed by atoms with E-state index in [2.05, 4.69) is 26.5 Å². The molecule has 2 aromatic carbocycles. The first-order chi connectivity index (χ1) is 11.1. The zero-order valence-electron chi connectivity index (χ0n) is 11.9.